The van der Waals surface area contributed by atoms with Crippen LogP contribution in [0.25, 0.3) is 0 Å². The molecule has 1 fully saturated rings. The first-order valence-corrected chi connectivity index (χ1v) is 4.81. The van der Waals surface area contributed by atoms with Crippen molar-refractivity contribution in [3.8, 4) is 0 Å². The molecule has 0 bridgehead atoms. The number of piperidine rings is 1. The first-order valence-electron chi connectivity index (χ1n) is 4.81. The number of hydrogen-bond donors (Lipinski definition) is 0. The quantitative estimate of drug-likeness (QED) is 0.596. The zero-order chi connectivity index (χ0) is 8.81. The van der Waals surface area contributed by atoms with E-state index in [0.717, 1.165) is 12.5 Å². The Labute approximate surface area is 75.2 Å². The van der Waals surface area contributed by atoms with Crippen LogP contribution < -0.4 is 0 Å². The Morgan fingerprint density at radius 2 is 2.17 bits per heavy atom. The second kappa shape index (κ2) is 5.20. The van der Waals surface area contributed by atoms with Crippen molar-refractivity contribution in [2.24, 2.45) is 5.92 Å². The summed E-state index contributed by atoms with van der Waals surface area (Å²) in [6.07, 6.45) is 4.11. The number of hydrogen-bond acceptors (Lipinski definition) is 2. The highest BCUT2D eigenvalue weighted by atomic mass is 16.5. The van der Waals surface area contributed by atoms with E-state index in [1.807, 2.05) is 0 Å². The van der Waals surface area contributed by atoms with Gasteiger partial charge in [-0.2, -0.15) is 0 Å². The summed E-state index contributed by atoms with van der Waals surface area (Å²) in [5, 5.41) is 0. The monoisotopic (exact) mass is 169 g/mol. The molecule has 0 unspecified atom stereocenters. The summed E-state index contributed by atoms with van der Waals surface area (Å²) >= 11 is 0. The molecule has 1 aliphatic rings. The summed E-state index contributed by atoms with van der Waals surface area (Å²) in [7, 11) is 0. The van der Waals surface area contributed by atoms with Crippen LogP contribution in [0.15, 0.2) is 12.8 Å². The molecule has 0 amide bonds. The second-order valence-corrected chi connectivity index (χ2v) is 3.38. The highest BCUT2D eigenvalue weighted by Gasteiger charge is 2.17. The molecule has 0 N–H and O–H groups in total. The highest BCUT2D eigenvalue weighted by molar-refractivity contribution is 4.71. The van der Waals surface area contributed by atoms with Crippen molar-refractivity contribution in [1.29, 1.82) is 0 Å². The third-order valence-corrected chi connectivity index (χ3v) is 2.60. The lowest BCUT2D eigenvalue weighted by molar-refractivity contribution is 0.124. The van der Waals surface area contributed by atoms with Gasteiger partial charge in [0.25, 0.3) is 0 Å². The molecule has 1 aliphatic heterocycles. The smallest absolute Gasteiger partial charge is 0.0902 e. The van der Waals surface area contributed by atoms with Gasteiger partial charge in [0.1, 0.15) is 0 Å². The molecular weight excluding hydrogens is 150 g/mol. The summed E-state index contributed by atoms with van der Waals surface area (Å²) in [5.41, 5.74) is 0. The summed E-state index contributed by atoms with van der Waals surface area (Å²) in [4.78, 5) is 2.49. The topological polar surface area (TPSA) is 12.5 Å². The van der Waals surface area contributed by atoms with Crippen LogP contribution in [0.4, 0.5) is 0 Å². The Morgan fingerprint density at radius 1 is 1.50 bits per heavy atom. The fourth-order valence-corrected chi connectivity index (χ4v) is 1.67. The average molecular weight is 169 g/mol. The number of rotatable bonds is 4. The molecule has 0 aromatic heterocycles. The third kappa shape index (κ3) is 2.86. The molecule has 1 heterocycles. The van der Waals surface area contributed by atoms with Gasteiger partial charge >= 0.3 is 0 Å². The number of nitrogens with zero attached hydrogens (tertiary/aromatic N) is 1. The van der Waals surface area contributed by atoms with Gasteiger partial charge in [-0.25, -0.2) is 0 Å². The maximum atomic E-state index is 5.19. The summed E-state index contributed by atoms with van der Waals surface area (Å²) in [5.74, 6) is 0.755. The van der Waals surface area contributed by atoms with Crippen molar-refractivity contribution in [1.82, 2.24) is 4.90 Å². The summed E-state index contributed by atoms with van der Waals surface area (Å²) in [6, 6.07) is 0. The first-order chi connectivity index (χ1) is 5.86. The fraction of sp³-hybridized carbons (Fsp3) is 0.800. The van der Waals surface area contributed by atoms with E-state index in [-0.39, 0.29) is 0 Å². The van der Waals surface area contributed by atoms with Crippen molar-refractivity contribution in [3.05, 3.63) is 12.8 Å². The van der Waals surface area contributed by atoms with E-state index in [9.17, 15) is 0 Å². The van der Waals surface area contributed by atoms with Gasteiger partial charge in [0.2, 0.25) is 0 Å². The van der Waals surface area contributed by atoms with Crippen LogP contribution in [0.3, 0.4) is 0 Å². The molecular formula is C10H19NO. The van der Waals surface area contributed by atoms with E-state index in [1.54, 1.807) is 6.26 Å². The minimum atomic E-state index is 0.755. The molecule has 0 radical (unpaired) electrons. The van der Waals surface area contributed by atoms with Gasteiger partial charge in [-0.05, 0) is 38.4 Å². The van der Waals surface area contributed by atoms with Gasteiger partial charge in [-0.15, -0.1) is 0 Å². The third-order valence-electron chi connectivity index (χ3n) is 2.60. The second-order valence-electron chi connectivity index (χ2n) is 3.38. The van der Waals surface area contributed by atoms with Crippen molar-refractivity contribution >= 4 is 0 Å². The molecule has 0 aromatic rings. The van der Waals surface area contributed by atoms with Crippen LogP contribution in [0.2, 0.25) is 0 Å². The van der Waals surface area contributed by atoms with Crippen molar-refractivity contribution in [2.75, 3.05) is 26.2 Å². The molecule has 0 spiro atoms. The van der Waals surface area contributed by atoms with E-state index in [4.69, 9.17) is 4.74 Å². The summed E-state index contributed by atoms with van der Waals surface area (Å²) in [6.45, 7) is 10.3. The highest BCUT2D eigenvalue weighted by Crippen LogP contribution is 2.16. The molecule has 0 saturated carbocycles. The molecule has 0 aliphatic carbocycles. The van der Waals surface area contributed by atoms with Gasteiger partial charge in [-0.3, -0.25) is 0 Å². The van der Waals surface area contributed by atoms with Crippen LogP contribution in [-0.4, -0.2) is 31.1 Å². The molecule has 0 aromatic carbocycles. The normalized spacial score (nSPS) is 20.8. The van der Waals surface area contributed by atoms with Gasteiger partial charge in [0.05, 0.1) is 12.9 Å². The minimum Gasteiger partial charge on any atom is -0.502 e. The molecule has 0 atom stereocenters. The van der Waals surface area contributed by atoms with Crippen molar-refractivity contribution in [2.45, 2.75) is 19.8 Å². The Balaban J connectivity index is 2.12. The lowest BCUT2D eigenvalue weighted by Gasteiger charge is -2.30. The predicted molar refractivity (Wildman–Crippen MR) is 51.0 cm³/mol. The van der Waals surface area contributed by atoms with Gasteiger partial charge in [0, 0.05) is 0 Å². The van der Waals surface area contributed by atoms with E-state index in [0.29, 0.717) is 0 Å². The Bertz CT molecular complexity index is 128. The van der Waals surface area contributed by atoms with Crippen LogP contribution in [0.5, 0.6) is 0 Å². The predicted octanol–water partition coefficient (Wildman–Crippen LogP) is 1.88. The van der Waals surface area contributed by atoms with Crippen LogP contribution in [-0.2, 0) is 4.74 Å². The first kappa shape index (κ1) is 9.59. The Morgan fingerprint density at radius 3 is 2.67 bits per heavy atom. The molecule has 1 rings (SSSR count). The Kier molecular flexibility index (Phi) is 4.15. The lowest BCUT2D eigenvalue weighted by atomic mass is 9.98. The van der Waals surface area contributed by atoms with E-state index < -0.39 is 0 Å². The van der Waals surface area contributed by atoms with Gasteiger partial charge in [-0.1, -0.05) is 13.5 Å². The lowest BCUT2D eigenvalue weighted by Crippen LogP contribution is -2.34. The SMILES string of the molecule is C=COCC1CCN(CC)CC1. The Hall–Kier alpha value is -0.500. The fourth-order valence-electron chi connectivity index (χ4n) is 1.67. The van der Waals surface area contributed by atoms with Gasteiger partial charge < -0.3 is 9.64 Å². The van der Waals surface area contributed by atoms with Crippen LogP contribution in [0.1, 0.15) is 19.8 Å². The van der Waals surface area contributed by atoms with Gasteiger partial charge in [0.15, 0.2) is 0 Å². The molecule has 1 saturated heterocycles. The average Bonchev–Trinajstić information content (AvgIpc) is 2.15. The zero-order valence-electron chi connectivity index (χ0n) is 7.96. The van der Waals surface area contributed by atoms with E-state index in [2.05, 4.69) is 18.4 Å². The number of ether oxygens (including phenoxy) is 1. The maximum Gasteiger partial charge on any atom is 0.0902 e. The standard InChI is InChI=1S/C10H19NO/c1-3-11-7-5-10(6-8-11)9-12-4-2/h4,10H,2-3,5-9H2,1H3. The van der Waals surface area contributed by atoms with Crippen LogP contribution >= 0.6 is 0 Å². The van der Waals surface area contributed by atoms with Crippen LogP contribution in [0, 0.1) is 5.92 Å². The molecule has 70 valence electrons. The maximum absolute atomic E-state index is 5.19. The van der Waals surface area contributed by atoms with Crippen molar-refractivity contribution < 1.29 is 4.74 Å². The zero-order valence-corrected chi connectivity index (χ0v) is 7.96. The van der Waals surface area contributed by atoms with E-state index >= 15 is 0 Å². The largest absolute Gasteiger partial charge is 0.502 e. The molecule has 2 nitrogen and oxygen atoms in total. The van der Waals surface area contributed by atoms with E-state index in [1.165, 1.54) is 32.5 Å². The molecule has 2 heteroatoms. The van der Waals surface area contributed by atoms with Crippen molar-refractivity contribution in [3.63, 3.8) is 0 Å². The minimum absolute atomic E-state index is 0.755. The summed E-state index contributed by atoms with van der Waals surface area (Å²) < 4.78 is 5.19. The number of likely N-dealkylation sites (tertiary alicyclic amines) is 1. The molecule has 12 heavy (non-hydrogen) atoms.